The van der Waals surface area contributed by atoms with Gasteiger partial charge in [0.2, 0.25) is 0 Å². The first-order chi connectivity index (χ1) is 5.81. The zero-order valence-electron chi connectivity index (χ0n) is 7.81. The second kappa shape index (κ2) is 4.54. The molecule has 0 aliphatic carbocycles. The van der Waals surface area contributed by atoms with Gasteiger partial charge in [-0.05, 0) is 6.92 Å². The second-order valence-electron chi connectivity index (χ2n) is 2.60. The molecule has 13 heavy (non-hydrogen) atoms. The first-order valence-electron chi connectivity index (χ1n) is 3.77. The predicted octanol–water partition coefficient (Wildman–Crippen LogP) is -0.754. The molecule has 0 aliphatic rings. The number of aliphatic carboxylic acids is 1. The largest absolute Gasteiger partial charge is 0.480 e. The number of hydrogen-bond acceptors (Lipinski definition) is 3. The summed E-state index contributed by atoms with van der Waals surface area (Å²) >= 11 is 0. The molecule has 0 heterocycles. The molecule has 0 radical (unpaired) electrons. The summed E-state index contributed by atoms with van der Waals surface area (Å²) in [6.07, 6.45) is 0. The number of nitrogens with zero attached hydrogens (tertiary/aromatic N) is 1. The standard InChI is InChI=1S/C6H14N2O4S/c1-4-8(3)13(11,12)7-5(2)6(9)10/h5,7H,4H2,1-3H3,(H,9,10)/t5-/m1/s1. The summed E-state index contributed by atoms with van der Waals surface area (Å²) in [5.41, 5.74) is 0. The Balaban J connectivity index is 4.43. The predicted molar refractivity (Wildman–Crippen MR) is 47.5 cm³/mol. The molecular formula is C6H14N2O4S. The Hall–Kier alpha value is -0.660. The molecule has 0 aliphatic heterocycles. The van der Waals surface area contributed by atoms with Crippen LogP contribution in [0.3, 0.4) is 0 Å². The van der Waals surface area contributed by atoms with Gasteiger partial charge in [0, 0.05) is 13.6 Å². The molecular weight excluding hydrogens is 196 g/mol. The molecule has 0 bridgehead atoms. The lowest BCUT2D eigenvalue weighted by atomic mass is 10.4. The number of carboxylic acid groups (broad SMARTS) is 1. The quantitative estimate of drug-likeness (QED) is 0.625. The lowest BCUT2D eigenvalue weighted by Gasteiger charge is -2.17. The van der Waals surface area contributed by atoms with E-state index in [-0.39, 0.29) is 0 Å². The molecule has 0 amide bonds. The highest BCUT2D eigenvalue weighted by Crippen LogP contribution is 1.94. The minimum Gasteiger partial charge on any atom is -0.480 e. The third-order valence-corrected chi connectivity index (χ3v) is 3.28. The molecule has 6 nitrogen and oxygen atoms in total. The van der Waals surface area contributed by atoms with E-state index in [1.54, 1.807) is 6.92 Å². The zero-order valence-corrected chi connectivity index (χ0v) is 8.63. The van der Waals surface area contributed by atoms with Crippen molar-refractivity contribution in [2.45, 2.75) is 19.9 Å². The van der Waals surface area contributed by atoms with E-state index in [1.165, 1.54) is 14.0 Å². The van der Waals surface area contributed by atoms with Gasteiger partial charge >= 0.3 is 5.97 Å². The number of hydrogen-bond donors (Lipinski definition) is 2. The third kappa shape index (κ3) is 3.71. The average Bonchev–Trinajstić information content (AvgIpc) is 2.01. The van der Waals surface area contributed by atoms with Crippen LogP contribution in [0.4, 0.5) is 0 Å². The first-order valence-corrected chi connectivity index (χ1v) is 5.21. The van der Waals surface area contributed by atoms with Crippen molar-refractivity contribution in [2.75, 3.05) is 13.6 Å². The van der Waals surface area contributed by atoms with Crippen LogP contribution in [0, 0.1) is 0 Å². The van der Waals surface area contributed by atoms with Gasteiger partial charge in [0.1, 0.15) is 6.04 Å². The minimum absolute atomic E-state index is 0.293. The summed E-state index contributed by atoms with van der Waals surface area (Å²) < 4.78 is 25.5. The molecule has 2 N–H and O–H groups in total. The van der Waals surface area contributed by atoms with Crippen molar-refractivity contribution in [3.05, 3.63) is 0 Å². The fraction of sp³-hybridized carbons (Fsp3) is 0.833. The van der Waals surface area contributed by atoms with Gasteiger partial charge in [0.05, 0.1) is 0 Å². The van der Waals surface area contributed by atoms with Gasteiger partial charge in [-0.25, -0.2) is 0 Å². The molecule has 0 saturated heterocycles. The maximum Gasteiger partial charge on any atom is 0.321 e. The van der Waals surface area contributed by atoms with E-state index < -0.39 is 22.2 Å². The molecule has 0 unspecified atom stereocenters. The highest BCUT2D eigenvalue weighted by molar-refractivity contribution is 7.87. The van der Waals surface area contributed by atoms with Crippen LogP contribution in [0.2, 0.25) is 0 Å². The van der Waals surface area contributed by atoms with Crippen LogP contribution in [-0.4, -0.2) is 43.4 Å². The Kier molecular flexibility index (Phi) is 4.31. The highest BCUT2D eigenvalue weighted by Gasteiger charge is 2.22. The molecule has 7 heteroatoms. The third-order valence-electron chi connectivity index (χ3n) is 1.55. The van der Waals surface area contributed by atoms with Crippen molar-refractivity contribution in [3.63, 3.8) is 0 Å². The van der Waals surface area contributed by atoms with Gasteiger partial charge in [0.25, 0.3) is 10.2 Å². The lowest BCUT2D eigenvalue weighted by Crippen LogP contribution is -2.45. The fourth-order valence-corrected chi connectivity index (χ4v) is 1.60. The van der Waals surface area contributed by atoms with E-state index in [2.05, 4.69) is 0 Å². The minimum atomic E-state index is -3.65. The number of carbonyl (C=O) groups is 1. The van der Waals surface area contributed by atoms with Gasteiger partial charge in [-0.3, -0.25) is 4.79 Å². The zero-order chi connectivity index (χ0) is 10.6. The van der Waals surface area contributed by atoms with E-state index in [0.717, 1.165) is 4.31 Å². The molecule has 78 valence electrons. The molecule has 0 saturated carbocycles. The highest BCUT2D eigenvalue weighted by atomic mass is 32.2. The molecule has 1 atom stereocenters. The monoisotopic (exact) mass is 210 g/mol. The Labute approximate surface area is 77.7 Å². The summed E-state index contributed by atoms with van der Waals surface area (Å²) in [6, 6.07) is -1.11. The van der Waals surface area contributed by atoms with E-state index in [4.69, 9.17) is 5.11 Å². The van der Waals surface area contributed by atoms with Gasteiger partial charge in [-0.2, -0.15) is 17.4 Å². The van der Waals surface area contributed by atoms with E-state index in [0.29, 0.717) is 6.54 Å². The molecule has 0 aromatic heterocycles. The van der Waals surface area contributed by atoms with Crippen LogP contribution in [-0.2, 0) is 15.0 Å². The Morgan fingerprint density at radius 2 is 2.08 bits per heavy atom. The van der Waals surface area contributed by atoms with Crippen LogP contribution < -0.4 is 4.72 Å². The number of nitrogens with one attached hydrogen (secondary N) is 1. The maximum absolute atomic E-state index is 11.2. The van der Waals surface area contributed by atoms with Crippen LogP contribution in [0.25, 0.3) is 0 Å². The summed E-state index contributed by atoms with van der Waals surface area (Å²) in [5.74, 6) is -1.20. The first kappa shape index (κ1) is 12.3. The van der Waals surface area contributed by atoms with E-state index in [9.17, 15) is 13.2 Å². The van der Waals surface area contributed by atoms with E-state index >= 15 is 0 Å². The van der Waals surface area contributed by atoms with Gasteiger partial charge < -0.3 is 5.11 Å². The van der Waals surface area contributed by atoms with Gasteiger partial charge in [-0.15, -0.1) is 0 Å². The van der Waals surface area contributed by atoms with Crippen LogP contribution in [0.1, 0.15) is 13.8 Å². The number of rotatable bonds is 5. The van der Waals surface area contributed by atoms with Crippen molar-refractivity contribution >= 4 is 16.2 Å². The van der Waals surface area contributed by atoms with Crippen molar-refractivity contribution in [1.29, 1.82) is 0 Å². The summed E-state index contributed by atoms with van der Waals surface area (Å²) in [4.78, 5) is 10.3. The molecule has 0 spiro atoms. The number of carboxylic acids is 1. The normalized spacial score (nSPS) is 14.5. The smallest absolute Gasteiger partial charge is 0.321 e. The van der Waals surface area contributed by atoms with Crippen molar-refractivity contribution in [1.82, 2.24) is 9.03 Å². The van der Waals surface area contributed by atoms with E-state index in [1.807, 2.05) is 4.72 Å². The SMILES string of the molecule is CCN(C)S(=O)(=O)N[C@H](C)C(=O)O. The fourth-order valence-electron chi connectivity index (χ4n) is 0.534. The van der Waals surface area contributed by atoms with Crippen molar-refractivity contribution in [2.24, 2.45) is 0 Å². The summed E-state index contributed by atoms with van der Waals surface area (Å²) in [7, 11) is -2.28. The van der Waals surface area contributed by atoms with Gasteiger partial charge in [0.15, 0.2) is 0 Å². The average molecular weight is 210 g/mol. The topological polar surface area (TPSA) is 86.7 Å². The van der Waals surface area contributed by atoms with Gasteiger partial charge in [-0.1, -0.05) is 6.92 Å². The van der Waals surface area contributed by atoms with Crippen LogP contribution >= 0.6 is 0 Å². The molecule has 0 fully saturated rings. The maximum atomic E-state index is 11.2. The lowest BCUT2D eigenvalue weighted by molar-refractivity contribution is -0.138. The molecule has 0 aromatic carbocycles. The van der Waals surface area contributed by atoms with Crippen molar-refractivity contribution in [3.8, 4) is 0 Å². The molecule has 0 aromatic rings. The van der Waals surface area contributed by atoms with Crippen LogP contribution in [0.5, 0.6) is 0 Å². The summed E-state index contributed by atoms with van der Waals surface area (Å²) in [5, 5.41) is 8.45. The Bertz CT molecular complexity index is 274. The Morgan fingerprint density at radius 3 is 2.38 bits per heavy atom. The second-order valence-corrected chi connectivity index (χ2v) is 4.41. The Morgan fingerprint density at radius 1 is 1.62 bits per heavy atom. The van der Waals surface area contributed by atoms with Crippen LogP contribution in [0.15, 0.2) is 0 Å². The van der Waals surface area contributed by atoms with Crippen molar-refractivity contribution < 1.29 is 18.3 Å². The molecule has 0 rings (SSSR count). The summed E-state index contributed by atoms with van der Waals surface area (Å²) in [6.45, 7) is 3.22.